The molecule has 0 unspecified atom stereocenters. The second-order valence-corrected chi connectivity index (χ2v) is 6.67. The third kappa shape index (κ3) is 12.4. The zero-order chi connectivity index (χ0) is 13.8. The molecule has 0 aromatic rings. The molecule has 0 atom stereocenters. The van der Waals surface area contributed by atoms with E-state index in [1.54, 1.807) is 0 Å². The maximum Gasteiger partial charge on any atom is 0.000449 e. The quantitative estimate of drug-likeness (QED) is 0.425. The van der Waals surface area contributed by atoms with Gasteiger partial charge in [-0.05, 0) is 24.8 Å². The minimum atomic E-state index is 0.799. The lowest BCUT2D eigenvalue weighted by Crippen LogP contribution is -2.32. The van der Waals surface area contributed by atoms with Crippen LogP contribution < -0.4 is 0 Å². The number of hydrogen-bond donors (Lipinski definition) is 0. The highest BCUT2D eigenvalue weighted by molar-refractivity contribution is 4.62. The maximum absolute atomic E-state index is 2.67. The van der Waals surface area contributed by atoms with Crippen molar-refractivity contribution in [3.05, 3.63) is 0 Å². The summed E-state index contributed by atoms with van der Waals surface area (Å²) in [6.07, 6.45) is 9.93. The molecule has 0 aromatic carbocycles. The van der Waals surface area contributed by atoms with Gasteiger partial charge in [-0.1, -0.05) is 73.1 Å². The van der Waals surface area contributed by atoms with Crippen LogP contribution in [0.15, 0.2) is 0 Å². The first kappa shape index (κ1) is 18.0. The molecule has 0 aliphatic rings. The van der Waals surface area contributed by atoms with E-state index >= 15 is 0 Å². The summed E-state index contributed by atoms with van der Waals surface area (Å²) in [6.45, 7) is 15.5. The van der Waals surface area contributed by atoms with Gasteiger partial charge in [0.1, 0.15) is 0 Å². The van der Waals surface area contributed by atoms with E-state index in [-0.39, 0.29) is 0 Å². The minimum absolute atomic E-state index is 0.799. The highest BCUT2D eigenvalue weighted by Crippen LogP contribution is 2.09. The van der Waals surface area contributed by atoms with Gasteiger partial charge in [0.25, 0.3) is 0 Å². The normalized spacial score (nSPS) is 12.0. The van der Waals surface area contributed by atoms with E-state index in [2.05, 4.69) is 39.5 Å². The van der Waals surface area contributed by atoms with Gasteiger partial charge in [0.2, 0.25) is 0 Å². The molecular formula is C17H37N. The van der Waals surface area contributed by atoms with Gasteiger partial charge in [-0.2, -0.15) is 0 Å². The molecule has 0 aliphatic heterocycles. The van der Waals surface area contributed by atoms with Crippen LogP contribution in [0, 0.1) is 11.8 Å². The third-order valence-corrected chi connectivity index (χ3v) is 3.32. The van der Waals surface area contributed by atoms with Crippen LogP contribution in [0.2, 0.25) is 0 Å². The SMILES string of the molecule is CCCCCCCCCN(CC(C)C)CC(C)C. The monoisotopic (exact) mass is 255 g/mol. The lowest BCUT2D eigenvalue weighted by Gasteiger charge is -2.26. The van der Waals surface area contributed by atoms with Crippen LogP contribution >= 0.6 is 0 Å². The van der Waals surface area contributed by atoms with Crippen molar-refractivity contribution in [1.82, 2.24) is 4.90 Å². The van der Waals surface area contributed by atoms with Gasteiger partial charge in [-0.25, -0.2) is 0 Å². The minimum Gasteiger partial charge on any atom is -0.303 e. The first-order valence-corrected chi connectivity index (χ1v) is 8.28. The van der Waals surface area contributed by atoms with Crippen molar-refractivity contribution in [2.75, 3.05) is 19.6 Å². The summed E-state index contributed by atoms with van der Waals surface area (Å²) in [6, 6.07) is 0. The Balaban J connectivity index is 3.56. The van der Waals surface area contributed by atoms with E-state index in [0.29, 0.717) is 0 Å². The molecule has 0 bridgehead atoms. The van der Waals surface area contributed by atoms with Gasteiger partial charge in [0, 0.05) is 13.1 Å². The number of nitrogens with zero attached hydrogens (tertiary/aromatic N) is 1. The van der Waals surface area contributed by atoms with Crippen molar-refractivity contribution in [3.63, 3.8) is 0 Å². The van der Waals surface area contributed by atoms with Crippen LogP contribution in [0.25, 0.3) is 0 Å². The van der Waals surface area contributed by atoms with Gasteiger partial charge >= 0.3 is 0 Å². The molecule has 110 valence electrons. The van der Waals surface area contributed by atoms with Crippen LogP contribution in [-0.2, 0) is 0 Å². The summed E-state index contributed by atoms with van der Waals surface area (Å²) in [7, 11) is 0. The zero-order valence-electron chi connectivity index (χ0n) is 13.7. The van der Waals surface area contributed by atoms with E-state index in [0.717, 1.165) is 11.8 Å². The summed E-state index contributed by atoms with van der Waals surface area (Å²) >= 11 is 0. The van der Waals surface area contributed by atoms with E-state index < -0.39 is 0 Å². The molecule has 0 rings (SSSR count). The summed E-state index contributed by atoms with van der Waals surface area (Å²) in [5, 5.41) is 0. The summed E-state index contributed by atoms with van der Waals surface area (Å²) in [5.41, 5.74) is 0. The highest BCUT2D eigenvalue weighted by Gasteiger charge is 2.08. The first-order chi connectivity index (χ1) is 8.56. The zero-order valence-corrected chi connectivity index (χ0v) is 13.7. The molecular weight excluding hydrogens is 218 g/mol. The van der Waals surface area contributed by atoms with Crippen molar-refractivity contribution in [2.24, 2.45) is 11.8 Å². The first-order valence-electron chi connectivity index (χ1n) is 8.28. The lowest BCUT2D eigenvalue weighted by molar-refractivity contribution is 0.215. The van der Waals surface area contributed by atoms with Crippen LogP contribution in [0.1, 0.15) is 79.6 Å². The Morgan fingerprint density at radius 1 is 0.667 bits per heavy atom. The van der Waals surface area contributed by atoms with Crippen LogP contribution in [0.5, 0.6) is 0 Å². The van der Waals surface area contributed by atoms with Crippen molar-refractivity contribution in [1.29, 1.82) is 0 Å². The number of hydrogen-bond acceptors (Lipinski definition) is 1. The van der Waals surface area contributed by atoms with Gasteiger partial charge < -0.3 is 4.90 Å². The fraction of sp³-hybridized carbons (Fsp3) is 1.00. The third-order valence-electron chi connectivity index (χ3n) is 3.32. The Labute approximate surface area is 116 Å². The molecule has 0 N–H and O–H groups in total. The molecule has 0 saturated heterocycles. The average Bonchev–Trinajstić information content (AvgIpc) is 2.26. The second-order valence-electron chi connectivity index (χ2n) is 6.67. The van der Waals surface area contributed by atoms with Gasteiger partial charge in [-0.3, -0.25) is 0 Å². The molecule has 0 aromatic heterocycles. The molecule has 0 aliphatic carbocycles. The number of unbranched alkanes of at least 4 members (excludes halogenated alkanes) is 6. The van der Waals surface area contributed by atoms with Gasteiger partial charge in [-0.15, -0.1) is 0 Å². The Kier molecular flexibility index (Phi) is 12.0. The van der Waals surface area contributed by atoms with Crippen LogP contribution in [0.3, 0.4) is 0 Å². The fourth-order valence-electron chi connectivity index (χ4n) is 2.58. The maximum atomic E-state index is 2.67. The van der Waals surface area contributed by atoms with E-state index in [4.69, 9.17) is 0 Å². The molecule has 0 saturated carbocycles. The van der Waals surface area contributed by atoms with Crippen LogP contribution in [0.4, 0.5) is 0 Å². The number of rotatable bonds is 12. The standard InChI is InChI=1S/C17H37N/c1-6-7-8-9-10-11-12-13-18(14-16(2)3)15-17(4)5/h16-17H,6-15H2,1-5H3. The van der Waals surface area contributed by atoms with E-state index in [9.17, 15) is 0 Å². The smallest absolute Gasteiger partial charge is 0.000449 e. The molecule has 18 heavy (non-hydrogen) atoms. The van der Waals surface area contributed by atoms with Crippen molar-refractivity contribution in [2.45, 2.75) is 79.6 Å². The fourth-order valence-corrected chi connectivity index (χ4v) is 2.58. The highest BCUT2D eigenvalue weighted by atomic mass is 15.1. The largest absolute Gasteiger partial charge is 0.303 e. The Morgan fingerprint density at radius 2 is 1.11 bits per heavy atom. The molecule has 1 heteroatoms. The summed E-state index contributed by atoms with van der Waals surface area (Å²) in [4.78, 5) is 2.67. The van der Waals surface area contributed by atoms with Gasteiger partial charge in [0.15, 0.2) is 0 Å². The van der Waals surface area contributed by atoms with Crippen molar-refractivity contribution < 1.29 is 0 Å². The molecule has 0 heterocycles. The van der Waals surface area contributed by atoms with Gasteiger partial charge in [0.05, 0.1) is 0 Å². The topological polar surface area (TPSA) is 3.24 Å². The predicted octanol–water partition coefficient (Wildman–Crippen LogP) is 5.35. The molecule has 1 nitrogen and oxygen atoms in total. The molecule has 0 amide bonds. The summed E-state index contributed by atoms with van der Waals surface area (Å²) in [5.74, 6) is 1.60. The lowest BCUT2D eigenvalue weighted by atomic mass is 10.1. The van der Waals surface area contributed by atoms with E-state index in [1.165, 1.54) is 64.6 Å². The molecule has 0 spiro atoms. The van der Waals surface area contributed by atoms with Crippen molar-refractivity contribution >= 4 is 0 Å². The van der Waals surface area contributed by atoms with E-state index in [1.807, 2.05) is 0 Å². The Hall–Kier alpha value is -0.0400. The Morgan fingerprint density at radius 3 is 1.56 bits per heavy atom. The molecule has 0 radical (unpaired) electrons. The predicted molar refractivity (Wildman–Crippen MR) is 84.1 cm³/mol. The second kappa shape index (κ2) is 12.0. The van der Waals surface area contributed by atoms with Crippen LogP contribution in [-0.4, -0.2) is 24.5 Å². The summed E-state index contributed by atoms with van der Waals surface area (Å²) < 4.78 is 0. The van der Waals surface area contributed by atoms with Crippen molar-refractivity contribution in [3.8, 4) is 0 Å². The molecule has 0 fully saturated rings. The Bertz CT molecular complexity index is 153. The average molecular weight is 255 g/mol.